The molecule has 0 N–H and O–H groups in total. The summed E-state index contributed by atoms with van der Waals surface area (Å²) in [7, 11) is 1.62. The molecule has 0 amide bonds. The van der Waals surface area contributed by atoms with Gasteiger partial charge in [0.15, 0.2) is 0 Å². The van der Waals surface area contributed by atoms with Crippen molar-refractivity contribution in [2.45, 2.75) is 26.2 Å². The summed E-state index contributed by atoms with van der Waals surface area (Å²) < 4.78 is 5.17. The number of aldehydes is 1. The van der Waals surface area contributed by atoms with E-state index in [0.29, 0.717) is 6.42 Å². The second-order valence-corrected chi connectivity index (χ2v) is 4.03. The van der Waals surface area contributed by atoms with Crippen molar-refractivity contribution in [1.82, 2.24) is 0 Å². The first-order valence-electron chi connectivity index (χ1n) is 4.87. The molecular formula is C12H15ClO2. The molecule has 1 unspecified atom stereocenters. The molecule has 0 saturated heterocycles. The van der Waals surface area contributed by atoms with E-state index < -0.39 is 0 Å². The lowest BCUT2D eigenvalue weighted by atomic mass is 9.96. The number of methoxy groups -OCH3 is 1. The van der Waals surface area contributed by atoms with Crippen molar-refractivity contribution in [2.24, 2.45) is 0 Å². The topological polar surface area (TPSA) is 26.3 Å². The predicted molar refractivity (Wildman–Crippen MR) is 61.8 cm³/mol. The van der Waals surface area contributed by atoms with Crippen LogP contribution >= 0.6 is 11.6 Å². The van der Waals surface area contributed by atoms with Crippen molar-refractivity contribution >= 4 is 17.9 Å². The molecule has 0 aliphatic carbocycles. The van der Waals surface area contributed by atoms with Gasteiger partial charge in [0.25, 0.3) is 0 Å². The number of hydrogen-bond acceptors (Lipinski definition) is 2. The first-order chi connectivity index (χ1) is 7.10. The minimum absolute atomic E-state index is 0.129. The lowest BCUT2D eigenvalue weighted by molar-refractivity contribution is -0.108. The van der Waals surface area contributed by atoms with Crippen molar-refractivity contribution in [3.05, 3.63) is 28.3 Å². The van der Waals surface area contributed by atoms with Crippen LogP contribution in [-0.2, 0) is 4.79 Å². The summed E-state index contributed by atoms with van der Waals surface area (Å²) >= 11 is 6.18. The number of aryl methyl sites for hydroxylation is 1. The molecule has 2 nitrogen and oxygen atoms in total. The summed E-state index contributed by atoms with van der Waals surface area (Å²) in [5, 5.41) is 0.727. The number of rotatable bonds is 4. The minimum atomic E-state index is 0.129. The van der Waals surface area contributed by atoms with E-state index in [1.54, 1.807) is 7.11 Å². The van der Waals surface area contributed by atoms with E-state index in [1.165, 1.54) is 0 Å². The van der Waals surface area contributed by atoms with Crippen LogP contribution in [0.3, 0.4) is 0 Å². The lowest BCUT2D eigenvalue weighted by Crippen LogP contribution is -1.98. The highest BCUT2D eigenvalue weighted by Crippen LogP contribution is 2.32. The van der Waals surface area contributed by atoms with E-state index in [4.69, 9.17) is 16.3 Å². The van der Waals surface area contributed by atoms with E-state index in [1.807, 2.05) is 26.0 Å². The van der Waals surface area contributed by atoms with Gasteiger partial charge in [0.2, 0.25) is 0 Å². The third-order valence-electron chi connectivity index (χ3n) is 2.47. The van der Waals surface area contributed by atoms with Gasteiger partial charge in [0.1, 0.15) is 12.0 Å². The van der Waals surface area contributed by atoms with Gasteiger partial charge in [-0.05, 0) is 36.1 Å². The molecule has 0 aliphatic heterocycles. The van der Waals surface area contributed by atoms with E-state index in [0.717, 1.165) is 28.2 Å². The molecular weight excluding hydrogens is 212 g/mol. The first kappa shape index (κ1) is 12.1. The molecule has 1 aromatic rings. The fourth-order valence-corrected chi connectivity index (χ4v) is 1.81. The van der Waals surface area contributed by atoms with Crippen LogP contribution in [0.1, 0.15) is 30.4 Å². The second-order valence-electron chi connectivity index (χ2n) is 3.65. The van der Waals surface area contributed by atoms with Gasteiger partial charge in [-0.3, -0.25) is 0 Å². The van der Waals surface area contributed by atoms with Crippen LogP contribution < -0.4 is 4.74 Å². The summed E-state index contributed by atoms with van der Waals surface area (Å²) in [5.74, 6) is 0.911. The van der Waals surface area contributed by atoms with Crippen LogP contribution in [0.4, 0.5) is 0 Å². The lowest BCUT2D eigenvalue weighted by Gasteiger charge is -2.14. The number of benzene rings is 1. The maximum Gasteiger partial charge on any atom is 0.120 e. The van der Waals surface area contributed by atoms with Crippen molar-refractivity contribution in [3.8, 4) is 5.75 Å². The van der Waals surface area contributed by atoms with Gasteiger partial charge in [-0.15, -0.1) is 0 Å². The predicted octanol–water partition coefficient (Wildman–Crippen LogP) is 3.35. The number of carbonyl (C=O) groups excluding carboxylic acids is 1. The van der Waals surface area contributed by atoms with Crippen molar-refractivity contribution < 1.29 is 9.53 Å². The molecule has 15 heavy (non-hydrogen) atoms. The quantitative estimate of drug-likeness (QED) is 0.736. The fraction of sp³-hybridized carbons (Fsp3) is 0.417. The third-order valence-corrected chi connectivity index (χ3v) is 2.99. The summed E-state index contributed by atoms with van der Waals surface area (Å²) in [5.41, 5.74) is 1.95. The maximum atomic E-state index is 10.5. The highest BCUT2D eigenvalue weighted by atomic mass is 35.5. The van der Waals surface area contributed by atoms with E-state index in [9.17, 15) is 4.79 Å². The molecule has 0 heterocycles. The Morgan fingerprint density at radius 2 is 2.20 bits per heavy atom. The number of hydrogen-bond donors (Lipinski definition) is 0. The Bertz CT molecular complexity index is 361. The van der Waals surface area contributed by atoms with E-state index in [-0.39, 0.29) is 5.92 Å². The van der Waals surface area contributed by atoms with Crippen LogP contribution in [0, 0.1) is 6.92 Å². The van der Waals surface area contributed by atoms with Gasteiger partial charge in [0.05, 0.1) is 7.11 Å². The van der Waals surface area contributed by atoms with Crippen LogP contribution in [0.25, 0.3) is 0 Å². The summed E-state index contributed by atoms with van der Waals surface area (Å²) in [6.07, 6.45) is 1.39. The highest BCUT2D eigenvalue weighted by molar-refractivity contribution is 6.32. The zero-order valence-electron chi connectivity index (χ0n) is 9.21. The minimum Gasteiger partial charge on any atom is -0.497 e. The summed E-state index contributed by atoms with van der Waals surface area (Å²) in [6.45, 7) is 3.91. The van der Waals surface area contributed by atoms with E-state index in [2.05, 4.69) is 0 Å². The Balaban J connectivity index is 3.14. The molecule has 1 atom stereocenters. The fourth-order valence-electron chi connectivity index (χ4n) is 1.51. The molecule has 0 spiro atoms. The Labute approximate surface area is 95.2 Å². The first-order valence-corrected chi connectivity index (χ1v) is 5.25. The number of halogens is 1. The Hall–Kier alpha value is -1.02. The molecule has 0 bridgehead atoms. The van der Waals surface area contributed by atoms with Gasteiger partial charge >= 0.3 is 0 Å². The van der Waals surface area contributed by atoms with Crippen molar-refractivity contribution in [2.75, 3.05) is 7.11 Å². The molecule has 0 aromatic heterocycles. The normalized spacial score (nSPS) is 12.3. The molecule has 82 valence electrons. The second kappa shape index (κ2) is 5.17. The molecule has 0 aliphatic rings. The summed E-state index contributed by atoms with van der Waals surface area (Å²) in [6, 6.07) is 3.78. The molecule has 0 fully saturated rings. The molecule has 3 heteroatoms. The van der Waals surface area contributed by atoms with E-state index >= 15 is 0 Å². The standard InChI is InChI=1S/C12H15ClO2/c1-8(4-5-14)11-7-10(15-3)6-9(2)12(11)13/h5-8H,4H2,1-3H3. The largest absolute Gasteiger partial charge is 0.497 e. The van der Waals surface area contributed by atoms with Gasteiger partial charge in [-0.25, -0.2) is 0 Å². The van der Waals surface area contributed by atoms with Crippen LogP contribution in [0.2, 0.25) is 5.02 Å². The SMILES string of the molecule is COc1cc(C)c(Cl)c(C(C)CC=O)c1. The molecule has 1 rings (SSSR count). The summed E-state index contributed by atoms with van der Waals surface area (Å²) in [4.78, 5) is 10.5. The van der Waals surface area contributed by atoms with Crippen LogP contribution in [0.15, 0.2) is 12.1 Å². The Kier molecular flexibility index (Phi) is 4.15. The van der Waals surface area contributed by atoms with Crippen LogP contribution in [0.5, 0.6) is 5.75 Å². The van der Waals surface area contributed by atoms with Crippen molar-refractivity contribution in [1.29, 1.82) is 0 Å². The van der Waals surface area contributed by atoms with Gasteiger partial charge in [0, 0.05) is 11.4 Å². The maximum absolute atomic E-state index is 10.5. The van der Waals surface area contributed by atoms with Gasteiger partial charge < -0.3 is 9.53 Å². The monoisotopic (exact) mass is 226 g/mol. The third kappa shape index (κ3) is 2.72. The molecule has 0 saturated carbocycles. The Morgan fingerprint density at radius 1 is 1.53 bits per heavy atom. The van der Waals surface area contributed by atoms with Crippen molar-refractivity contribution in [3.63, 3.8) is 0 Å². The van der Waals surface area contributed by atoms with Gasteiger partial charge in [-0.1, -0.05) is 18.5 Å². The highest BCUT2D eigenvalue weighted by Gasteiger charge is 2.12. The smallest absolute Gasteiger partial charge is 0.120 e. The average molecular weight is 227 g/mol. The zero-order valence-corrected chi connectivity index (χ0v) is 9.97. The molecule has 0 radical (unpaired) electrons. The zero-order chi connectivity index (χ0) is 11.4. The number of carbonyl (C=O) groups is 1. The molecule has 1 aromatic carbocycles. The number of ether oxygens (including phenoxy) is 1. The van der Waals surface area contributed by atoms with Crippen LogP contribution in [-0.4, -0.2) is 13.4 Å². The average Bonchev–Trinajstić information content (AvgIpc) is 2.22. The van der Waals surface area contributed by atoms with Gasteiger partial charge in [-0.2, -0.15) is 0 Å². The Morgan fingerprint density at radius 3 is 2.73 bits per heavy atom.